The van der Waals surface area contributed by atoms with Gasteiger partial charge in [-0.25, -0.2) is 9.59 Å². The van der Waals surface area contributed by atoms with Gasteiger partial charge in [0.15, 0.2) is 30.8 Å². The van der Waals surface area contributed by atoms with E-state index in [2.05, 4.69) is 36.8 Å². The van der Waals surface area contributed by atoms with Crippen LogP contribution in [0.25, 0.3) is 0 Å². The maximum absolute atomic E-state index is 15.6. The zero-order chi connectivity index (χ0) is 60.4. The highest BCUT2D eigenvalue weighted by Gasteiger charge is 2.64. The van der Waals surface area contributed by atoms with Crippen LogP contribution in [0.15, 0.2) is 58.4 Å². The normalized spacial score (nSPS) is 47.7. The summed E-state index contributed by atoms with van der Waals surface area (Å²) in [6.07, 6.45) is -1.85. The molecule has 1 saturated carbocycles. The molecule has 27 atom stereocenters. The monoisotopic (exact) mass is 1170 g/mol. The summed E-state index contributed by atoms with van der Waals surface area (Å²) in [5, 5.41) is 70.8. The van der Waals surface area contributed by atoms with Gasteiger partial charge in [-0.1, -0.05) is 63.6 Å². The molecular formula is C61H92N2O20. The number of esters is 1. The van der Waals surface area contributed by atoms with Gasteiger partial charge in [-0.2, -0.15) is 5.48 Å². The quantitative estimate of drug-likeness (QED) is 0.0534. The second kappa shape index (κ2) is 25.2. The summed E-state index contributed by atoms with van der Waals surface area (Å²) in [5.74, 6) is -4.72. The fourth-order valence-electron chi connectivity index (χ4n) is 15.8. The highest BCUT2D eigenvalue weighted by atomic mass is 16.7. The fourth-order valence-corrected chi connectivity index (χ4v) is 15.8. The van der Waals surface area contributed by atoms with E-state index in [9.17, 15) is 40.3 Å². The predicted octanol–water partition coefficient (Wildman–Crippen LogP) is 5.28. The van der Waals surface area contributed by atoms with Crippen LogP contribution in [0.3, 0.4) is 0 Å². The lowest BCUT2D eigenvalue weighted by Crippen LogP contribution is -2.67. The van der Waals surface area contributed by atoms with E-state index < -0.39 is 168 Å². The number of Topliss-reactive ketones (excluding diaryl/α,β-unsaturated/α-hetero) is 1. The van der Waals surface area contributed by atoms with E-state index in [-0.39, 0.29) is 62.2 Å². The van der Waals surface area contributed by atoms with Gasteiger partial charge in [-0.05, 0) is 96.1 Å². The van der Waals surface area contributed by atoms with Crippen LogP contribution in [-0.2, 0) is 61.7 Å². The number of ketones is 1. The molecule has 1 amide bonds. The number of hydroxylamine groups is 1. The topological polar surface area (TPSA) is 298 Å². The Morgan fingerprint density at radius 3 is 2.00 bits per heavy atom. The number of hydrogen-bond acceptors (Lipinski definition) is 21. The number of fused-ring (bicyclic) bond motifs is 4. The van der Waals surface area contributed by atoms with Crippen molar-refractivity contribution in [3.8, 4) is 0 Å². The number of amides is 1. The van der Waals surface area contributed by atoms with Gasteiger partial charge >= 0.3 is 12.1 Å². The van der Waals surface area contributed by atoms with Crippen molar-refractivity contribution in [3.05, 3.63) is 58.4 Å². The summed E-state index contributed by atoms with van der Waals surface area (Å²) >= 11 is 0. The molecule has 5 saturated heterocycles. The Bertz CT molecular complexity index is 2510. The van der Waals surface area contributed by atoms with Crippen molar-refractivity contribution in [1.29, 1.82) is 0 Å². The third kappa shape index (κ3) is 12.1. The molecule has 4 aliphatic carbocycles. The summed E-state index contributed by atoms with van der Waals surface area (Å²) in [7, 11) is 2.76. The molecule has 0 aromatic carbocycles. The van der Waals surface area contributed by atoms with Crippen LogP contribution < -0.4 is 10.8 Å². The Balaban J connectivity index is 1.01. The van der Waals surface area contributed by atoms with Crippen LogP contribution >= 0.6 is 0 Å². The highest BCUT2D eigenvalue weighted by molar-refractivity contribution is 6.26. The Hall–Kier alpha value is -3.69. The zero-order valence-corrected chi connectivity index (χ0v) is 50.3. The molecule has 0 radical (unpaired) electrons. The van der Waals surface area contributed by atoms with Gasteiger partial charge in [0.1, 0.15) is 29.6 Å². The van der Waals surface area contributed by atoms with Crippen LogP contribution in [0.2, 0.25) is 0 Å². The molecule has 6 fully saturated rings. The van der Waals surface area contributed by atoms with Crippen molar-refractivity contribution in [3.63, 3.8) is 0 Å². The van der Waals surface area contributed by atoms with Gasteiger partial charge in [0.25, 0.3) is 0 Å². The van der Waals surface area contributed by atoms with Crippen molar-refractivity contribution in [2.24, 2.45) is 46.8 Å². The van der Waals surface area contributed by atoms with E-state index in [4.69, 9.17) is 52.1 Å². The molecule has 22 heteroatoms. The molecule has 22 nitrogen and oxygen atoms in total. The maximum atomic E-state index is 15.6. The van der Waals surface area contributed by atoms with Gasteiger partial charge in [-0.3, -0.25) is 4.79 Å². The van der Waals surface area contributed by atoms with Crippen molar-refractivity contribution in [1.82, 2.24) is 10.8 Å². The third-order valence-corrected chi connectivity index (χ3v) is 20.2. The Morgan fingerprint density at radius 2 is 1.36 bits per heavy atom. The molecular weight excluding hydrogens is 1080 g/mol. The lowest BCUT2D eigenvalue weighted by molar-refractivity contribution is -0.335. The standard InChI is InChI=1S/C61H92N2O20/c1-27-14-17-42(79-47-25-59(10,63-72)54(35(9)78-47)62-58(71)74-13)28(2)19-37-20-36(26-64)31(5)24-61(37)56(69)48(57(70)83-61)55(68)60(11)39(27)16-15-38-49(60)29(3)18-30(4)51(38)81-46-23-43(50(67)32(6)75-46)80-44-22-41(66)53(34(8)77-44)82-45-21-40(65)52(73-12)33(7)76-45/h14-16,19-20,29-35,37-47,49-54,63-68,72H,17-18,21-26H2,1-13H3,(H,62,71). The largest absolute Gasteiger partial charge is 0.511 e. The molecule has 5 heterocycles. The Kier molecular flexibility index (Phi) is 19.4. The average molecular weight is 1170 g/mol. The number of rotatable bonds is 12. The molecule has 27 unspecified atom stereocenters. The van der Waals surface area contributed by atoms with E-state index in [1.54, 1.807) is 40.7 Å². The summed E-state index contributed by atoms with van der Waals surface area (Å²) in [6.45, 7) is 20.3. The number of ether oxygens (including phenoxy) is 11. The first kappa shape index (κ1) is 63.8. The molecule has 1 spiro atoms. The van der Waals surface area contributed by atoms with E-state index in [0.29, 0.717) is 24.0 Å². The number of methoxy groups -OCH3 is 2. The number of aliphatic hydroxyl groups is 5. The molecule has 9 aliphatic rings. The first-order valence-corrected chi connectivity index (χ1v) is 29.8. The van der Waals surface area contributed by atoms with Crippen LogP contribution in [0.4, 0.5) is 4.79 Å². The highest BCUT2D eigenvalue weighted by Crippen LogP contribution is 2.61. The van der Waals surface area contributed by atoms with Gasteiger partial charge < -0.3 is 88.2 Å². The SMILES string of the molecule is COC(=O)NC1C(C)OC(OC2CC=C(C)C3C=CC4C(OC5CC(OC6CC(O)C(OC7CC(O)C(OC)C(C)O7)C(C)O6)C(O)C(C)O5)C(C)CC(C)C4C3(C)C(O)=C3C(=O)OC4(CC(C)C(CO)=CC4C=C2C)C3=O)CC1(C)NO. The lowest BCUT2D eigenvalue weighted by atomic mass is 9.49. The predicted molar refractivity (Wildman–Crippen MR) is 295 cm³/mol. The van der Waals surface area contributed by atoms with Crippen molar-refractivity contribution in [2.45, 2.75) is 237 Å². The summed E-state index contributed by atoms with van der Waals surface area (Å²) in [4.78, 5) is 42.7. The van der Waals surface area contributed by atoms with Gasteiger partial charge in [-0.15, -0.1) is 0 Å². The van der Waals surface area contributed by atoms with E-state index >= 15 is 4.79 Å². The maximum Gasteiger partial charge on any atom is 0.407 e. The number of nitrogens with one attached hydrogen (secondary N) is 2. The second-order valence-electron chi connectivity index (χ2n) is 25.9. The van der Waals surface area contributed by atoms with Gasteiger partial charge in [0.05, 0.1) is 80.2 Å². The number of alkyl carbamates (subject to hydrolysis) is 1. The molecule has 9 rings (SSSR count). The summed E-state index contributed by atoms with van der Waals surface area (Å²) in [5.41, 5.74) is -0.0548. The minimum absolute atomic E-state index is 0.0261. The molecule has 8 N–H and O–H groups in total. The van der Waals surface area contributed by atoms with Crippen LogP contribution in [-0.4, -0.2) is 185 Å². The number of aliphatic hydroxyl groups excluding tert-OH is 5. The summed E-state index contributed by atoms with van der Waals surface area (Å²) in [6, 6.07) is -0.720. The van der Waals surface area contributed by atoms with Crippen LogP contribution in [0.1, 0.15) is 121 Å². The molecule has 466 valence electrons. The second-order valence-corrected chi connectivity index (χ2v) is 25.9. The van der Waals surface area contributed by atoms with E-state index in [0.717, 1.165) is 5.57 Å². The molecule has 2 bridgehead atoms. The Labute approximate surface area is 487 Å². The molecule has 83 heavy (non-hydrogen) atoms. The minimum atomic E-state index is -1.77. The van der Waals surface area contributed by atoms with Crippen molar-refractivity contribution in [2.75, 3.05) is 20.8 Å². The first-order chi connectivity index (χ1) is 39.2. The zero-order valence-electron chi connectivity index (χ0n) is 50.3. The molecule has 0 aromatic heterocycles. The number of hydrogen-bond donors (Lipinski definition) is 8. The lowest BCUT2D eigenvalue weighted by Gasteiger charge is -2.56. The smallest absolute Gasteiger partial charge is 0.407 e. The van der Waals surface area contributed by atoms with Crippen LogP contribution in [0.5, 0.6) is 0 Å². The van der Waals surface area contributed by atoms with Crippen LogP contribution in [0, 0.1) is 46.8 Å². The Morgan fingerprint density at radius 1 is 0.735 bits per heavy atom. The van der Waals surface area contributed by atoms with Gasteiger partial charge in [0, 0.05) is 62.4 Å². The number of carbonyl (C=O) groups excluding carboxylic acids is 3. The fraction of sp³-hybridized carbons (Fsp3) is 0.787. The summed E-state index contributed by atoms with van der Waals surface area (Å²) < 4.78 is 68.3. The van der Waals surface area contributed by atoms with E-state index in [1.165, 1.54) is 14.2 Å². The van der Waals surface area contributed by atoms with Crippen molar-refractivity contribution < 1.29 is 97.2 Å². The first-order valence-electron chi connectivity index (χ1n) is 29.8. The average Bonchev–Trinajstić information content (AvgIpc) is 3.96. The minimum Gasteiger partial charge on any atom is -0.511 e. The molecule has 0 aromatic rings. The van der Waals surface area contributed by atoms with Crippen molar-refractivity contribution >= 4 is 17.8 Å². The number of carbonyl (C=O) groups is 3. The number of allylic oxidation sites excluding steroid dienone is 3. The molecule has 5 aliphatic heterocycles. The van der Waals surface area contributed by atoms with Gasteiger partial charge in [0.2, 0.25) is 5.78 Å². The van der Waals surface area contributed by atoms with E-state index in [1.807, 2.05) is 39.8 Å². The third-order valence-electron chi connectivity index (χ3n) is 20.2.